The Balaban J connectivity index is 1.60. The zero-order valence-electron chi connectivity index (χ0n) is 17.1. The van der Waals surface area contributed by atoms with E-state index in [2.05, 4.69) is 20.7 Å². The van der Waals surface area contributed by atoms with Gasteiger partial charge in [-0.3, -0.25) is 14.9 Å². The molecule has 1 amide bonds. The Hall–Kier alpha value is -3.73. The van der Waals surface area contributed by atoms with E-state index in [1.165, 1.54) is 23.9 Å². The molecule has 0 radical (unpaired) electrons. The van der Waals surface area contributed by atoms with Crippen molar-refractivity contribution in [3.05, 3.63) is 64.2 Å². The molecule has 2 aromatic carbocycles. The minimum atomic E-state index is -0.464. The highest BCUT2D eigenvalue weighted by Crippen LogP contribution is 2.25. The Labute approximate surface area is 182 Å². The van der Waals surface area contributed by atoms with Crippen LogP contribution in [0.1, 0.15) is 12.5 Å². The summed E-state index contributed by atoms with van der Waals surface area (Å²) in [5.41, 5.74) is 4.59. The minimum Gasteiger partial charge on any atom is -0.497 e. The molecule has 0 spiro atoms. The summed E-state index contributed by atoms with van der Waals surface area (Å²) in [7, 11) is 3.33. The number of ether oxygens (including phenoxy) is 1. The van der Waals surface area contributed by atoms with E-state index in [9.17, 15) is 14.9 Å². The Morgan fingerprint density at radius 2 is 2.00 bits per heavy atom. The van der Waals surface area contributed by atoms with Crippen molar-refractivity contribution in [2.45, 2.75) is 12.1 Å². The number of non-ortho nitro benzene ring substituents is 1. The van der Waals surface area contributed by atoms with E-state index >= 15 is 0 Å². The van der Waals surface area contributed by atoms with Gasteiger partial charge in [0.2, 0.25) is 0 Å². The van der Waals surface area contributed by atoms with Crippen molar-refractivity contribution >= 4 is 29.1 Å². The van der Waals surface area contributed by atoms with E-state index in [0.717, 1.165) is 11.3 Å². The third-order valence-corrected chi connectivity index (χ3v) is 5.36. The van der Waals surface area contributed by atoms with Crippen LogP contribution in [0.5, 0.6) is 5.75 Å². The number of nitro benzene ring substituents is 1. The first-order valence-electron chi connectivity index (χ1n) is 9.13. The first-order valence-corrected chi connectivity index (χ1v) is 10.1. The van der Waals surface area contributed by atoms with E-state index in [-0.39, 0.29) is 17.3 Å². The van der Waals surface area contributed by atoms with Gasteiger partial charge in [-0.05, 0) is 36.8 Å². The molecule has 0 aliphatic heterocycles. The van der Waals surface area contributed by atoms with Crippen molar-refractivity contribution in [2.24, 2.45) is 12.1 Å². The van der Waals surface area contributed by atoms with Crippen molar-refractivity contribution in [1.29, 1.82) is 0 Å². The van der Waals surface area contributed by atoms with Crippen LogP contribution in [0.25, 0.3) is 11.4 Å². The van der Waals surface area contributed by atoms with Crippen LogP contribution in [0.4, 0.5) is 5.69 Å². The van der Waals surface area contributed by atoms with Gasteiger partial charge in [-0.15, -0.1) is 10.2 Å². The summed E-state index contributed by atoms with van der Waals surface area (Å²) in [6, 6.07) is 13.5. The number of nitrogens with one attached hydrogen (secondary N) is 1. The van der Waals surface area contributed by atoms with Gasteiger partial charge >= 0.3 is 0 Å². The van der Waals surface area contributed by atoms with Crippen LogP contribution < -0.4 is 10.2 Å². The molecule has 31 heavy (non-hydrogen) atoms. The van der Waals surface area contributed by atoms with Gasteiger partial charge in [0.05, 0.1) is 23.5 Å². The number of carbonyl (C=O) groups excluding carboxylic acids is 1. The van der Waals surface area contributed by atoms with Crippen molar-refractivity contribution in [1.82, 2.24) is 20.2 Å². The molecule has 3 aromatic rings. The fraction of sp³-hybridized carbons (Fsp3) is 0.200. The highest BCUT2D eigenvalue weighted by molar-refractivity contribution is 7.99. The largest absolute Gasteiger partial charge is 0.497 e. The molecule has 10 nitrogen and oxygen atoms in total. The third-order valence-electron chi connectivity index (χ3n) is 4.34. The molecule has 0 saturated heterocycles. The number of hydrazone groups is 1. The molecule has 0 aliphatic rings. The molecule has 0 unspecified atom stereocenters. The van der Waals surface area contributed by atoms with Crippen molar-refractivity contribution in [3.8, 4) is 17.1 Å². The van der Waals surface area contributed by atoms with Gasteiger partial charge in [0.1, 0.15) is 5.75 Å². The van der Waals surface area contributed by atoms with Gasteiger partial charge in [-0.2, -0.15) is 5.10 Å². The normalized spacial score (nSPS) is 11.3. The predicted octanol–water partition coefficient (Wildman–Crippen LogP) is 3.03. The average Bonchev–Trinajstić information content (AvgIpc) is 3.16. The van der Waals surface area contributed by atoms with Gasteiger partial charge in [0.25, 0.3) is 11.6 Å². The summed E-state index contributed by atoms with van der Waals surface area (Å²) in [6.45, 7) is 1.79. The second kappa shape index (κ2) is 9.85. The lowest BCUT2D eigenvalue weighted by molar-refractivity contribution is -0.384. The molecular weight excluding hydrogens is 420 g/mol. The van der Waals surface area contributed by atoms with Gasteiger partial charge < -0.3 is 9.30 Å². The fourth-order valence-electron chi connectivity index (χ4n) is 2.66. The number of nitro groups is 1. The number of hydrogen-bond acceptors (Lipinski definition) is 8. The van der Waals surface area contributed by atoms with Crippen LogP contribution in [0.3, 0.4) is 0 Å². The quantitative estimate of drug-likeness (QED) is 0.247. The Morgan fingerprint density at radius 3 is 2.68 bits per heavy atom. The lowest BCUT2D eigenvalue weighted by Crippen LogP contribution is -2.21. The maximum atomic E-state index is 12.2. The zero-order valence-corrected chi connectivity index (χ0v) is 17.9. The van der Waals surface area contributed by atoms with Crippen LogP contribution in [0.2, 0.25) is 0 Å². The number of nitrogens with zero attached hydrogens (tertiary/aromatic N) is 5. The summed E-state index contributed by atoms with van der Waals surface area (Å²) in [6.07, 6.45) is 0. The summed E-state index contributed by atoms with van der Waals surface area (Å²) in [4.78, 5) is 22.7. The van der Waals surface area contributed by atoms with Crippen molar-refractivity contribution < 1.29 is 14.5 Å². The number of amides is 1. The monoisotopic (exact) mass is 440 g/mol. The molecule has 1 aromatic heterocycles. The van der Waals surface area contributed by atoms with E-state index in [4.69, 9.17) is 4.74 Å². The van der Waals surface area contributed by atoms with Gasteiger partial charge in [0.15, 0.2) is 11.0 Å². The predicted molar refractivity (Wildman–Crippen MR) is 117 cm³/mol. The number of methoxy groups -OCH3 is 1. The van der Waals surface area contributed by atoms with Crippen LogP contribution in [-0.4, -0.2) is 44.2 Å². The van der Waals surface area contributed by atoms with Crippen molar-refractivity contribution in [3.63, 3.8) is 0 Å². The summed E-state index contributed by atoms with van der Waals surface area (Å²) in [5, 5.41) is 23.8. The zero-order chi connectivity index (χ0) is 22.4. The number of aromatic nitrogens is 3. The van der Waals surface area contributed by atoms with E-state index < -0.39 is 4.92 Å². The maximum Gasteiger partial charge on any atom is 0.270 e. The first-order chi connectivity index (χ1) is 14.9. The second-order valence-corrected chi connectivity index (χ2v) is 7.36. The molecule has 1 N–H and O–H groups in total. The van der Waals surface area contributed by atoms with Crippen LogP contribution in [-0.2, 0) is 11.8 Å². The third kappa shape index (κ3) is 5.45. The van der Waals surface area contributed by atoms with Crippen molar-refractivity contribution in [2.75, 3.05) is 12.9 Å². The Bertz CT molecular complexity index is 1130. The molecule has 0 atom stereocenters. The lowest BCUT2D eigenvalue weighted by Gasteiger charge is -2.05. The molecule has 0 fully saturated rings. The second-order valence-electron chi connectivity index (χ2n) is 6.42. The lowest BCUT2D eigenvalue weighted by atomic mass is 10.1. The van der Waals surface area contributed by atoms with E-state index in [1.54, 1.807) is 37.8 Å². The van der Waals surface area contributed by atoms with Gasteiger partial charge in [-0.25, -0.2) is 5.43 Å². The molecule has 11 heteroatoms. The first kappa shape index (κ1) is 22.0. The summed E-state index contributed by atoms with van der Waals surface area (Å²) < 4.78 is 6.81. The molecule has 1 heterocycles. The molecule has 3 rings (SSSR count). The van der Waals surface area contributed by atoms with E-state index in [0.29, 0.717) is 22.3 Å². The highest BCUT2D eigenvalue weighted by atomic mass is 32.2. The number of carbonyl (C=O) groups is 1. The Morgan fingerprint density at radius 1 is 1.26 bits per heavy atom. The standard InChI is InChI=1S/C20H20N6O4S/c1-13(14-7-9-17(30-3)10-8-14)21-22-18(27)12-31-20-24-23-19(25(20)2)15-5-4-6-16(11-15)26(28)29/h4-11H,12H2,1-3H3,(H,22,27)/b21-13+. The minimum absolute atomic E-state index is 0.0285. The van der Waals surface area contributed by atoms with Crippen LogP contribution in [0.15, 0.2) is 58.8 Å². The van der Waals surface area contributed by atoms with Gasteiger partial charge in [-0.1, -0.05) is 23.9 Å². The molecule has 0 saturated carbocycles. The SMILES string of the molecule is COc1ccc(/C(C)=N/NC(=O)CSc2nnc(-c3cccc([N+](=O)[O-])c3)n2C)cc1. The Kier molecular flexibility index (Phi) is 6.98. The fourth-order valence-corrected chi connectivity index (χ4v) is 3.36. The summed E-state index contributed by atoms with van der Waals surface area (Å²) >= 11 is 1.19. The molecule has 0 bridgehead atoms. The highest BCUT2D eigenvalue weighted by Gasteiger charge is 2.15. The summed E-state index contributed by atoms with van der Waals surface area (Å²) in [5.74, 6) is 1.00. The molecule has 160 valence electrons. The van der Waals surface area contributed by atoms with Gasteiger partial charge in [0, 0.05) is 24.7 Å². The van der Waals surface area contributed by atoms with Crippen LogP contribution in [0, 0.1) is 10.1 Å². The topological polar surface area (TPSA) is 125 Å². The van der Waals surface area contributed by atoms with Crippen LogP contribution >= 0.6 is 11.8 Å². The van der Waals surface area contributed by atoms with E-state index in [1.807, 2.05) is 24.3 Å². The smallest absolute Gasteiger partial charge is 0.270 e. The average molecular weight is 440 g/mol. The molecular formula is C20H20N6O4S. The number of rotatable bonds is 8. The maximum absolute atomic E-state index is 12.2. The molecule has 0 aliphatic carbocycles. The number of hydrogen-bond donors (Lipinski definition) is 1. The number of benzene rings is 2. The number of thioether (sulfide) groups is 1.